The summed E-state index contributed by atoms with van der Waals surface area (Å²) in [6.07, 6.45) is 1.79. The Morgan fingerprint density at radius 2 is 0.859 bits per heavy atom. The van der Waals surface area contributed by atoms with Gasteiger partial charge in [0.15, 0.2) is 0 Å². The van der Waals surface area contributed by atoms with Crippen LogP contribution in [0.5, 0.6) is 11.5 Å². The molecule has 0 aromatic heterocycles. The summed E-state index contributed by atoms with van der Waals surface area (Å²) in [4.78, 5) is 85.4. The monoisotopic (exact) mass is 988 g/mol. The van der Waals surface area contributed by atoms with Gasteiger partial charge in [0.25, 0.3) is 11.4 Å². The van der Waals surface area contributed by atoms with Crippen molar-refractivity contribution in [3.8, 4) is 11.5 Å². The van der Waals surface area contributed by atoms with Crippen molar-refractivity contribution in [2.45, 2.75) is 48.0 Å². The van der Waals surface area contributed by atoms with E-state index < -0.39 is 9.85 Å². The van der Waals surface area contributed by atoms with Crippen molar-refractivity contribution in [2.24, 2.45) is 20.5 Å². The predicted octanol–water partition coefficient (Wildman–Crippen LogP) is 8.11. The first-order valence-corrected chi connectivity index (χ1v) is 20.8. The average Bonchev–Trinajstić information content (AvgIpc) is 3.30. The molecule has 378 valence electrons. The van der Waals surface area contributed by atoms with Crippen molar-refractivity contribution >= 4 is 81.5 Å². The van der Waals surface area contributed by atoms with E-state index in [1.807, 2.05) is 35.8 Å². The van der Waals surface area contributed by atoms with Gasteiger partial charge in [0.05, 0.1) is 59.5 Å². The van der Waals surface area contributed by atoms with Crippen LogP contribution in [-0.2, 0) is 47.7 Å². The number of aryl methyl sites for hydroxylation is 2. The van der Waals surface area contributed by atoms with Crippen LogP contribution in [0.15, 0.2) is 93.3 Å². The van der Waals surface area contributed by atoms with Gasteiger partial charge in [-0.25, -0.2) is 20.4 Å². The van der Waals surface area contributed by atoms with E-state index in [0.29, 0.717) is 37.6 Å². The van der Waals surface area contributed by atoms with Crippen LogP contribution in [0.4, 0.5) is 45.5 Å². The minimum absolute atomic E-state index is 0.100. The normalized spacial score (nSPS) is 10.1. The number of carbonyl (C=O) groups is 4. The van der Waals surface area contributed by atoms with Crippen molar-refractivity contribution in [1.82, 2.24) is 0 Å². The van der Waals surface area contributed by atoms with E-state index in [-0.39, 0.29) is 91.0 Å². The number of esters is 4. The molecule has 26 heteroatoms. The number of anilines is 2. The number of phenolic OH excluding ortho intramolecular Hbond substituents is 2. The second kappa shape index (κ2) is 32.4. The zero-order valence-corrected chi connectivity index (χ0v) is 39.5. The third-order valence-electron chi connectivity index (χ3n) is 8.87. The number of azo groups is 2. The van der Waals surface area contributed by atoms with Crippen molar-refractivity contribution in [3.63, 3.8) is 0 Å². The summed E-state index contributed by atoms with van der Waals surface area (Å²) in [6, 6.07) is 17.9. The lowest BCUT2D eigenvalue weighted by Crippen LogP contribution is -2.32. The summed E-state index contributed by atoms with van der Waals surface area (Å²) in [5, 5.41) is 68.4. The maximum atomic E-state index is 11.4. The summed E-state index contributed by atoms with van der Waals surface area (Å²) >= 11 is 0. The van der Waals surface area contributed by atoms with Gasteiger partial charge in [-0.15, -0.1) is 10.2 Å². The number of hydrogen-bond donors (Lipinski definition) is 4. The van der Waals surface area contributed by atoms with Gasteiger partial charge in [0.1, 0.15) is 49.3 Å². The Labute approximate surface area is 405 Å². The van der Waals surface area contributed by atoms with E-state index in [1.54, 1.807) is 31.2 Å². The topological polar surface area (TPSA) is 370 Å². The van der Waals surface area contributed by atoms with Gasteiger partial charge >= 0.3 is 23.9 Å². The number of aromatic hydroxyl groups is 2. The summed E-state index contributed by atoms with van der Waals surface area (Å²) in [6.45, 7) is 11.7. The molecule has 0 aliphatic carbocycles. The molecule has 0 saturated heterocycles. The van der Waals surface area contributed by atoms with E-state index >= 15 is 0 Å². The number of hydrogen-bond acceptors (Lipinski definition) is 24. The first-order valence-electron chi connectivity index (χ1n) is 20.8. The zero-order chi connectivity index (χ0) is 53.5. The molecule has 0 fully saturated rings. The van der Waals surface area contributed by atoms with Gasteiger partial charge in [0, 0.05) is 50.7 Å². The van der Waals surface area contributed by atoms with Gasteiger partial charge in [-0.05, 0) is 73.5 Å². The highest BCUT2D eigenvalue weighted by molar-refractivity contribution is 5.69. The summed E-state index contributed by atoms with van der Waals surface area (Å²) < 4.78 is 20.2. The molecule has 4 aromatic rings. The molecular formula is C45H52N10O16. The minimum atomic E-state index is -0.613. The lowest BCUT2D eigenvalue weighted by Gasteiger charge is -2.25. The molecule has 0 bridgehead atoms. The zero-order valence-electron chi connectivity index (χ0n) is 39.5. The smallest absolute Gasteiger partial charge is 0.305 e. The molecule has 0 amide bonds. The quantitative estimate of drug-likeness (QED) is 0.0116. The van der Waals surface area contributed by atoms with Crippen molar-refractivity contribution in [2.75, 3.05) is 62.4 Å². The van der Waals surface area contributed by atoms with E-state index in [0.717, 1.165) is 46.8 Å². The maximum absolute atomic E-state index is 11.4. The van der Waals surface area contributed by atoms with Gasteiger partial charge in [-0.2, -0.15) is 10.2 Å². The Morgan fingerprint density at radius 3 is 1.13 bits per heavy atom. The first kappa shape index (κ1) is 59.7. The first-order chi connectivity index (χ1) is 33.7. The third-order valence-corrected chi connectivity index (χ3v) is 8.87. The van der Waals surface area contributed by atoms with Crippen LogP contribution in [0, 0.1) is 44.9 Å². The number of nitrogens with one attached hydrogen (secondary N) is 2. The molecule has 4 rings (SSSR count). The molecule has 0 aliphatic rings. The molecule has 71 heavy (non-hydrogen) atoms. The molecule has 0 aliphatic heterocycles. The number of isocyanates is 2. The Morgan fingerprint density at radius 1 is 0.563 bits per heavy atom. The summed E-state index contributed by atoms with van der Waals surface area (Å²) in [5.74, 6) is -2.14. The maximum Gasteiger partial charge on any atom is 0.305 e. The molecule has 0 atom stereocenters. The van der Waals surface area contributed by atoms with E-state index in [9.17, 15) is 49.6 Å². The highest BCUT2D eigenvalue weighted by Gasteiger charge is 2.15. The number of non-ortho nitro benzene ring substituents is 2. The van der Waals surface area contributed by atoms with Gasteiger partial charge in [-0.3, -0.25) is 39.4 Å². The second-order valence-corrected chi connectivity index (χ2v) is 14.0. The minimum Gasteiger partial charge on any atom is -0.505 e. The predicted molar refractivity (Wildman–Crippen MR) is 253 cm³/mol. The molecule has 0 saturated carbocycles. The van der Waals surface area contributed by atoms with E-state index in [4.69, 9.17) is 39.4 Å². The molecule has 4 N–H and O–H groups in total. The number of ether oxygens (including phenoxy) is 4. The molecule has 0 unspecified atom stereocenters. The largest absolute Gasteiger partial charge is 0.505 e. The Bertz CT molecular complexity index is 2560. The number of rotatable bonds is 21. The fourth-order valence-corrected chi connectivity index (χ4v) is 5.54. The lowest BCUT2D eigenvalue weighted by atomic mass is 10.1. The fourth-order valence-electron chi connectivity index (χ4n) is 5.54. The van der Waals surface area contributed by atoms with Crippen LogP contribution in [0.1, 0.15) is 45.2 Å². The highest BCUT2D eigenvalue weighted by Crippen LogP contribution is 2.34. The number of nitrogens with zero attached hydrogens (tertiary/aromatic N) is 8. The van der Waals surface area contributed by atoms with Crippen LogP contribution >= 0.6 is 0 Å². The van der Waals surface area contributed by atoms with Crippen LogP contribution in [0.2, 0.25) is 0 Å². The average molecular weight is 989 g/mol. The number of phenols is 2. The molecule has 0 spiro atoms. The Balaban J connectivity index is 0.000000639. The molecule has 0 heterocycles. The number of nitro benzene ring substituents is 2. The number of nitro groups is 2. The summed E-state index contributed by atoms with van der Waals surface area (Å²) in [7, 11) is 0. The Hall–Kier alpha value is -9.28. The van der Waals surface area contributed by atoms with Crippen LogP contribution < -0.4 is 9.80 Å². The van der Waals surface area contributed by atoms with Crippen molar-refractivity contribution in [1.29, 1.82) is 10.8 Å². The van der Waals surface area contributed by atoms with Gasteiger partial charge in [0.2, 0.25) is 12.2 Å². The SMILES string of the molecule is CC(=O)OCCN(CCOC(C)=O)c1ccc(N=Nc2ccc([N+](=O)[O-])cc2O)c(C)c1.CCC(=O)OCCN(CCOC(C)=O)c1ccc(N=Nc2ccc([N+](=O)[O-])cc2O)c(C)c1.N=C=O.N=C=O. The van der Waals surface area contributed by atoms with E-state index in [1.165, 1.54) is 45.0 Å². The Kier molecular flexibility index (Phi) is 27.3. The lowest BCUT2D eigenvalue weighted by molar-refractivity contribution is -0.385. The van der Waals surface area contributed by atoms with Gasteiger partial charge in [-0.1, -0.05) is 6.92 Å². The van der Waals surface area contributed by atoms with Crippen LogP contribution in [0.3, 0.4) is 0 Å². The van der Waals surface area contributed by atoms with Crippen molar-refractivity contribution < 1.29 is 67.8 Å². The standard InChI is InChI=1S/C22H26N4O7.C21H24N4O7.2CHNO/c1-4-22(29)33-12-10-25(9-11-32-16(3)27)17-5-7-19(15(2)13-17)23-24-20-8-6-18(26(30)31)14-21(20)28;1-14-12-17(24(8-10-31-15(2)26)9-11-32-16(3)27)4-6-19(14)22-23-20-7-5-18(25(29)30)13-21(20)28;2*2-1-3/h5-8,13-14,28H,4,9-12H2,1-3H3;4-7,12-13,28H,8-11H2,1-3H3;2*2H. The number of benzene rings is 4. The molecular weight excluding hydrogens is 937 g/mol. The van der Waals surface area contributed by atoms with Crippen LogP contribution in [0.25, 0.3) is 0 Å². The van der Waals surface area contributed by atoms with Crippen molar-refractivity contribution in [3.05, 3.63) is 104 Å². The second-order valence-electron chi connectivity index (χ2n) is 14.0. The summed E-state index contributed by atoms with van der Waals surface area (Å²) in [5.41, 5.74) is 3.95. The molecule has 26 nitrogen and oxygen atoms in total. The number of carbonyl (C=O) groups excluding carboxylic acids is 6. The third kappa shape index (κ3) is 23.3. The molecule has 4 aromatic carbocycles. The fraction of sp³-hybridized carbons (Fsp3) is 0.333. The molecule has 0 radical (unpaired) electrons. The van der Waals surface area contributed by atoms with Crippen LogP contribution in [-0.4, -0.2) is 109 Å². The van der Waals surface area contributed by atoms with Gasteiger partial charge < -0.3 is 39.0 Å². The van der Waals surface area contributed by atoms with E-state index in [2.05, 4.69) is 20.5 Å². The highest BCUT2D eigenvalue weighted by atomic mass is 16.6.